The fraction of sp³-hybridized carbons (Fsp3) is 0.455. The van der Waals surface area contributed by atoms with Crippen LogP contribution >= 0.6 is 11.6 Å². The Morgan fingerprint density at radius 1 is 1.31 bits per heavy atom. The minimum Gasteiger partial charge on any atom is -0.469 e. The van der Waals surface area contributed by atoms with Crippen molar-refractivity contribution in [3.8, 4) is 0 Å². The smallest absolute Gasteiger partial charge is 0.253 e. The fourth-order valence-electron chi connectivity index (χ4n) is 3.53. The van der Waals surface area contributed by atoms with Crippen LogP contribution in [0.25, 0.3) is 0 Å². The maximum absolute atomic E-state index is 12.7. The molecule has 0 radical (unpaired) electrons. The molecule has 1 aromatic heterocycles. The standard InChI is InChI=1S/C22H28ClN3O5S/c1-16(7-8-17-5-3-14-31-17)25-22(28)19-15-18(9-10-20(19)23)32(29,30)24-11-4-13-26-12-2-6-21(26)27/h3,5,9-10,14-16,24H,2,4,6-8,11-13H2,1H3,(H,25,28). The molecule has 1 atom stereocenters. The lowest BCUT2D eigenvalue weighted by molar-refractivity contribution is -0.127. The lowest BCUT2D eigenvalue weighted by Gasteiger charge is -2.16. The van der Waals surface area contributed by atoms with Crippen molar-refractivity contribution >= 4 is 33.4 Å². The second-order valence-electron chi connectivity index (χ2n) is 7.87. The summed E-state index contributed by atoms with van der Waals surface area (Å²) in [6, 6.07) is 7.58. The van der Waals surface area contributed by atoms with Crippen molar-refractivity contribution < 1.29 is 22.4 Å². The van der Waals surface area contributed by atoms with E-state index in [-0.39, 0.29) is 34.0 Å². The number of carbonyl (C=O) groups is 2. The Labute approximate surface area is 193 Å². The Bertz CT molecular complexity index is 1040. The molecule has 1 unspecified atom stereocenters. The molecular weight excluding hydrogens is 454 g/mol. The van der Waals surface area contributed by atoms with Crippen LogP contribution in [0.3, 0.4) is 0 Å². The van der Waals surface area contributed by atoms with Crippen LogP contribution < -0.4 is 10.0 Å². The van der Waals surface area contributed by atoms with Gasteiger partial charge in [-0.2, -0.15) is 0 Å². The van der Waals surface area contributed by atoms with Crippen LogP contribution in [-0.4, -0.2) is 50.8 Å². The van der Waals surface area contributed by atoms with E-state index >= 15 is 0 Å². The number of hydrogen-bond donors (Lipinski definition) is 2. The molecule has 0 aliphatic carbocycles. The van der Waals surface area contributed by atoms with Crippen molar-refractivity contribution in [3.05, 3.63) is 52.9 Å². The van der Waals surface area contributed by atoms with Gasteiger partial charge in [0.05, 0.1) is 21.7 Å². The summed E-state index contributed by atoms with van der Waals surface area (Å²) in [5, 5.41) is 3.02. The summed E-state index contributed by atoms with van der Waals surface area (Å²) >= 11 is 6.17. The molecule has 1 fully saturated rings. The maximum Gasteiger partial charge on any atom is 0.253 e. The zero-order valence-corrected chi connectivity index (χ0v) is 19.5. The topological polar surface area (TPSA) is 109 Å². The van der Waals surface area contributed by atoms with Gasteiger partial charge in [-0.1, -0.05) is 11.6 Å². The van der Waals surface area contributed by atoms with E-state index in [0.29, 0.717) is 32.2 Å². The number of aryl methyl sites for hydroxylation is 1. The van der Waals surface area contributed by atoms with E-state index in [1.807, 2.05) is 19.1 Å². The van der Waals surface area contributed by atoms with Crippen LogP contribution in [0.1, 0.15) is 48.7 Å². The van der Waals surface area contributed by atoms with E-state index in [2.05, 4.69) is 10.0 Å². The number of halogens is 1. The number of rotatable bonds is 11. The zero-order chi connectivity index (χ0) is 23.1. The lowest BCUT2D eigenvalue weighted by atomic mass is 10.1. The van der Waals surface area contributed by atoms with Gasteiger partial charge in [0.2, 0.25) is 15.9 Å². The number of nitrogens with zero attached hydrogens (tertiary/aromatic N) is 1. The monoisotopic (exact) mass is 481 g/mol. The van der Waals surface area contributed by atoms with Gasteiger partial charge in [-0.3, -0.25) is 9.59 Å². The van der Waals surface area contributed by atoms with Gasteiger partial charge < -0.3 is 14.6 Å². The molecule has 0 bridgehead atoms. The molecular formula is C22H28ClN3O5S. The summed E-state index contributed by atoms with van der Waals surface area (Å²) in [4.78, 5) is 26.0. The molecule has 3 rings (SSSR count). The number of carbonyl (C=O) groups excluding carboxylic acids is 2. The molecule has 2 N–H and O–H groups in total. The Hall–Kier alpha value is -2.36. The van der Waals surface area contributed by atoms with Gasteiger partial charge in [0.15, 0.2) is 0 Å². The normalized spacial score (nSPS) is 15.2. The number of hydrogen-bond acceptors (Lipinski definition) is 5. The minimum atomic E-state index is -3.82. The van der Waals surface area contributed by atoms with Crippen LogP contribution in [0.4, 0.5) is 0 Å². The molecule has 32 heavy (non-hydrogen) atoms. The Morgan fingerprint density at radius 2 is 2.12 bits per heavy atom. The molecule has 174 valence electrons. The lowest BCUT2D eigenvalue weighted by Crippen LogP contribution is -2.33. The van der Waals surface area contributed by atoms with Gasteiger partial charge in [0.1, 0.15) is 5.76 Å². The third kappa shape index (κ3) is 6.57. The highest BCUT2D eigenvalue weighted by Crippen LogP contribution is 2.21. The highest BCUT2D eigenvalue weighted by Gasteiger charge is 2.21. The Morgan fingerprint density at radius 3 is 2.81 bits per heavy atom. The van der Waals surface area contributed by atoms with Crippen LogP contribution in [0.5, 0.6) is 0 Å². The predicted octanol–water partition coefficient (Wildman–Crippen LogP) is 2.97. The third-order valence-corrected chi connectivity index (χ3v) is 7.13. The van der Waals surface area contributed by atoms with Crippen molar-refractivity contribution in [2.75, 3.05) is 19.6 Å². The molecule has 2 aromatic rings. The Kier molecular flexibility index (Phi) is 8.33. The van der Waals surface area contributed by atoms with Gasteiger partial charge in [0.25, 0.3) is 5.91 Å². The van der Waals surface area contributed by atoms with Crippen molar-refractivity contribution in [1.82, 2.24) is 14.9 Å². The molecule has 8 nitrogen and oxygen atoms in total. The van der Waals surface area contributed by atoms with Gasteiger partial charge in [0, 0.05) is 38.5 Å². The second-order valence-corrected chi connectivity index (χ2v) is 10.0. The predicted molar refractivity (Wildman–Crippen MR) is 121 cm³/mol. The molecule has 0 spiro atoms. The van der Waals surface area contributed by atoms with Crippen molar-refractivity contribution in [3.63, 3.8) is 0 Å². The molecule has 1 aliphatic heterocycles. The molecule has 2 heterocycles. The maximum atomic E-state index is 12.7. The van der Waals surface area contributed by atoms with Gasteiger partial charge >= 0.3 is 0 Å². The van der Waals surface area contributed by atoms with E-state index < -0.39 is 15.9 Å². The van der Waals surface area contributed by atoms with Crippen LogP contribution in [0.2, 0.25) is 5.02 Å². The first-order valence-electron chi connectivity index (χ1n) is 10.7. The highest BCUT2D eigenvalue weighted by molar-refractivity contribution is 7.89. The molecule has 2 amide bonds. The molecule has 1 aromatic carbocycles. The number of sulfonamides is 1. The average Bonchev–Trinajstić information content (AvgIpc) is 3.41. The third-order valence-electron chi connectivity index (χ3n) is 5.34. The van der Waals surface area contributed by atoms with Crippen LogP contribution in [0.15, 0.2) is 45.9 Å². The first-order valence-corrected chi connectivity index (χ1v) is 12.5. The van der Waals surface area contributed by atoms with E-state index in [9.17, 15) is 18.0 Å². The molecule has 1 aliphatic rings. The quantitative estimate of drug-likeness (QED) is 0.479. The summed E-state index contributed by atoms with van der Waals surface area (Å²) < 4.78 is 33.1. The number of nitrogens with one attached hydrogen (secondary N) is 2. The second kappa shape index (κ2) is 11.0. The van der Waals surface area contributed by atoms with E-state index in [1.54, 1.807) is 11.2 Å². The minimum absolute atomic E-state index is 0.0347. The number of likely N-dealkylation sites (tertiary alicyclic amines) is 1. The van der Waals surface area contributed by atoms with E-state index in [4.69, 9.17) is 16.0 Å². The number of amides is 2. The first kappa shape index (κ1) is 24.3. The molecule has 10 heteroatoms. The van der Waals surface area contributed by atoms with Gasteiger partial charge in [-0.25, -0.2) is 13.1 Å². The largest absolute Gasteiger partial charge is 0.469 e. The number of benzene rings is 1. The molecule has 1 saturated heterocycles. The van der Waals surface area contributed by atoms with Crippen LogP contribution in [0, 0.1) is 0 Å². The zero-order valence-electron chi connectivity index (χ0n) is 18.0. The van der Waals surface area contributed by atoms with Crippen molar-refractivity contribution in [2.45, 2.75) is 50.0 Å². The average molecular weight is 482 g/mol. The summed E-state index contributed by atoms with van der Waals surface area (Å²) in [7, 11) is -3.82. The fourth-order valence-corrected chi connectivity index (χ4v) is 4.84. The summed E-state index contributed by atoms with van der Waals surface area (Å²) in [5.41, 5.74) is 0.0991. The number of furan rings is 1. The van der Waals surface area contributed by atoms with Gasteiger partial charge in [-0.15, -0.1) is 0 Å². The van der Waals surface area contributed by atoms with Crippen LogP contribution in [-0.2, 0) is 21.2 Å². The van der Waals surface area contributed by atoms with Crippen molar-refractivity contribution in [2.24, 2.45) is 0 Å². The molecule has 0 saturated carbocycles. The summed E-state index contributed by atoms with van der Waals surface area (Å²) in [6.07, 6.45) is 4.85. The van der Waals surface area contributed by atoms with Gasteiger partial charge in [-0.05, 0) is 56.5 Å². The summed E-state index contributed by atoms with van der Waals surface area (Å²) in [6.45, 7) is 3.30. The summed E-state index contributed by atoms with van der Waals surface area (Å²) in [5.74, 6) is 0.503. The SMILES string of the molecule is CC(CCc1ccco1)NC(=O)c1cc(S(=O)(=O)NCCCN2CCCC2=O)ccc1Cl. The van der Waals surface area contributed by atoms with Crippen molar-refractivity contribution in [1.29, 1.82) is 0 Å². The van der Waals surface area contributed by atoms with E-state index in [0.717, 1.165) is 18.7 Å². The first-order chi connectivity index (χ1) is 15.3. The van der Waals surface area contributed by atoms with E-state index in [1.165, 1.54) is 18.2 Å². The highest BCUT2D eigenvalue weighted by atomic mass is 35.5. The Balaban J connectivity index is 1.55.